The van der Waals surface area contributed by atoms with Crippen LogP contribution in [0.3, 0.4) is 0 Å². The van der Waals surface area contributed by atoms with Crippen LogP contribution in [-0.4, -0.2) is 15.9 Å². The van der Waals surface area contributed by atoms with Gasteiger partial charge in [-0.2, -0.15) is 0 Å². The van der Waals surface area contributed by atoms with Gasteiger partial charge in [0.2, 0.25) is 5.91 Å². The molecule has 6 heteroatoms. The Morgan fingerprint density at radius 2 is 1.82 bits per heavy atom. The molecule has 0 aliphatic rings. The molecule has 0 saturated carbocycles. The molecule has 0 bridgehead atoms. The Morgan fingerprint density at radius 1 is 1.14 bits per heavy atom. The second kappa shape index (κ2) is 5.38. The molecule has 3 N–H and O–H groups in total. The van der Waals surface area contributed by atoms with Crippen LogP contribution >= 0.6 is 11.3 Å². The Bertz CT molecular complexity index is 868. The number of carbonyl (C=O) groups is 1. The van der Waals surface area contributed by atoms with Crippen molar-refractivity contribution in [3.63, 3.8) is 0 Å². The molecule has 2 aromatic heterocycles. The number of primary amides is 1. The Kier molecular flexibility index (Phi) is 3.54. The lowest BCUT2D eigenvalue weighted by atomic mass is 10.2. The SMILES string of the molecule is Cc1nc(Nc2ccc(C(N)=O)cc2)c2c(C)c(C)sc2n1. The van der Waals surface area contributed by atoms with Gasteiger partial charge in [0.05, 0.1) is 5.39 Å². The molecule has 1 aromatic carbocycles. The maximum absolute atomic E-state index is 11.1. The zero-order valence-electron chi connectivity index (χ0n) is 12.6. The van der Waals surface area contributed by atoms with Gasteiger partial charge >= 0.3 is 0 Å². The normalized spacial score (nSPS) is 10.9. The molecule has 0 spiro atoms. The van der Waals surface area contributed by atoms with Gasteiger partial charge in [0.1, 0.15) is 16.5 Å². The van der Waals surface area contributed by atoms with Crippen molar-refractivity contribution in [3.05, 3.63) is 46.1 Å². The highest BCUT2D eigenvalue weighted by Gasteiger charge is 2.13. The van der Waals surface area contributed by atoms with E-state index in [-0.39, 0.29) is 0 Å². The summed E-state index contributed by atoms with van der Waals surface area (Å²) in [6.07, 6.45) is 0. The van der Waals surface area contributed by atoms with Gasteiger partial charge < -0.3 is 11.1 Å². The minimum absolute atomic E-state index is 0.434. The molecule has 5 nitrogen and oxygen atoms in total. The zero-order chi connectivity index (χ0) is 15.9. The Balaban J connectivity index is 2.04. The van der Waals surface area contributed by atoms with Crippen molar-refractivity contribution in [2.24, 2.45) is 5.73 Å². The Labute approximate surface area is 132 Å². The van der Waals surface area contributed by atoms with Crippen LogP contribution in [0, 0.1) is 20.8 Å². The molecule has 2 heterocycles. The molecule has 0 aliphatic heterocycles. The third kappa shape index (κ3) is 2.53. The van der Waals surface area contributed by atoms with Crippen molar-refractivity contribution in [2.75, 3.05) is 5.32 Å². The highest BCUT2D eigenvalue weighted by atomic mass is 32.1. The predicted molar refractivity (Wildman–Crippen MR) is 89.9 cm³/mol. The molecular formula is C16H16N4OS. The Hall–Kier alpha value is -2.47. The fourth-order valence-electron chi connectivity index (χ4n) is 2.30. The number of anilines is 2. The molecular weight excluding hydrogens is 296 g/mol. The summed E-state index contributed by atoms with van der Waals surface area (Å²) in [4.78, 5) is 22.4. The van der Waals surface area contributed by atoms with Crippen LogP contribution in [0.2, 0.25) is 0 Å². The van der Waals surface area contributed by atoms with Gasteiger partial charge in [-0.1, -0.05) is 0 Å². The largest absolute Gasteiger partial charge is 0.366 e. The number of fused-ring (bicyclic) bond motifs is 1. The molecule has 112 valence electrons. The number of hydrogen-bond acceptors (Lipinski definition) is 5. The van der Waals surface area contributed by atoms with Gasteiger partial charge in [0, 0.05) is 16.1 Å². The van der Waals surface area contributed by atoms with Crippen LogP contribution in [0.15, 0.2) is 24.3 Å². The summed E-state index contributed by atoms with van der Waals surface area (Å²) in [5, 5.41) is 4.36. The summed E-state index contributed by atoms with van der Waals surface area (Å²) < 4.78 is 0. The average Bonchev–Trinajstić information content (AvgIpc) is 2.74. The van der Waals surface area contributed by atoms with Gasteiger partial charge in [-0.15, -0.1) is 11.3 Å². The van der Waals surface area contributed by atoms with Crippen molar-refractivity contribution in [3.8, 4) is 0 Å². The molecule has 1 amide bonds. The molecule has 0 saturated heterocycles. The number of carbonyl (C=O) groups excluding carboxylic acids is 1. The van der Waals surface area contributed by atoms with Crippen LogP contribution in [0.1, 0.15) is 26.6 Å². The van der Waals surface area contributed by atoms with Gasteiger partial charge in [-0.3, -0.25) is 4.79 Å². The van der Waals surface area contributed by atoms with E-state index in [0.717, 1.165) is 27.5 Å². The van der Waals surface area contributed by atoms with Crippen molar-refractivity contribution < 1.29 is 4.79 Å². The molecule has 0 aliphatic carbocycles. The number of hydrogen-bond donors (Lipinski definition) is 2. The first kappa shape index (κ1) is 14.5. The minimum Gasteiger partial charge on any atom is -0.366 e. The van der Waals surface area contributed by atoms with E-state index in [2.05, 4.69) is 29.1 Å². The maximum Gasteiger partial charge on any atom is 0.248 e. The van der Waals surface area contributed by atoms with Crippen LogP contribution in [0.4, 0.5) is 11.5 Å². The third-order valence-corrected chi connectivity index (χ3v) is 4.67. The maximum atomic E-state index is 11.1. The number of nitrogens with two attached hydrogens (primary N) is 1. The quantitative estimate of drug-likeness (QED) is 0.776. The van der Waals surface area contributed by atoms with E-state index < -0.39 is 5.91 Å². The van der Waals surface area contributed by atoms with E-state index in [1.807, 2.05) is 19.1 Å². The minimum atomic E-state index is -0.434. The number of thiophene rings is 1. The molecule has 0 atom stereocenters. The zero-order valence-corrected chi connectivity index (χ0v) is 13.4. The van der Waals surface area contributed by atoms with E-state index in [9.17, 15) is 4.79 Å². The van der Waals surface area contributed by atoms with Gasteiger partial charge in [-0.25, -0.2) is 9.97 Å². The summed E-state index contributed by atoms with van der Waals surface area (Å²) >= 11 is 1.67. The second-order valence-electron chi connectivity index (χ2n) is 5.15. The van der Waals surface area contributed by atoms with Gasteiger partial charge in [-0.05, 0) is 50.6 Å². The van der Waals surface area contributed by atoms with Gasteiger partial charge in [0.25, 0.3) is 0 Å². The van der Waals surface area contributed by atoms with Crippen LogP contribution in [0.5, 0.6) is 0 Å². The summed E-state index contributed by atoms with van der Waals surface area (Å²) in [5.41, 5.74) is 7.78. The van der Waals surface area contributed by atoms with Crippen LogP contribution in [0.25, 0.3) is 10.2 Å². The van der Waals surface area contributed by atoms with Crippen molar-refractivity contribution in [1.29, 1.82) is 0 Å². The monoisotopic (exact) mass is 312 g/mol. The van der Waals surface area contributed by atoms with Crippen molar-refractivity contribution in [1.82, 2.24) is 9.97 Å². The second-order valence-corrected chi connectivity index (χ2v) is 6.35. The highest BCUT2D eigenvalue weighted by Crippen LogP contribution is 2.34. The molecule has 22 heavy (non-hydrogen) atoms. The van der Waals surface area contributed by atoms with E-state index >= 15 is 0 Å². The fraction of sp³-hybridized carbons (Fsp3) is 0.188. The molecule has 0 fully saturated rings. The number of aromatic nitrogens is 2. The summed E-state index contributed by atoms with van der Waals surface area (Å²) in [6, 6.07) is 7.03. The number of rotatable bonds is 3. The first-order valence-corrected chi connectivity index (χ1v) is 7.68. The van der Waals surface area contributed by atoms with Crippen molar-refractivity contribution >= 4 is 39.0 Å². The summed E-state index contributed by atoms with van der Waals surface area (Å²) in [6.45, 7) is 6.04. The number of nitrogens with one attached hydrogen (secondary N) is 1. The van der Waals surface area contributed by atoms with E-state index in [0.29, 0.717) is 5.56 Å². The average molecular weight is 312 g/mol. The number of amides is 1. The first-order valence-electron chi connectivity index (χ1n) is 6.87. The lowest BCUT2D eigenvalue weighted by molar-refractivity contribution is 0.100. The number of nitrogens with zero attached hydrogens (tertiary/aromatic N) is 2. The Morgan fingerprint density at radius 3 is 2.45 bits per heavy atom. The first-order chi connectivity index (χ1) is 10.5. The van der Waals surface area contributed by atoms with Crippen LogP contribution < -0.4 is 11.1 Å². The lowest BCUT2D eigenvalue weighted by Crippen LogP contribution is -2.10. The van der Waals surface area contributed by atoms with Gasteiger partial charge in [0.15, 0.2) is 0 Å². The molecule has 0 unspecified atom stereocenters. The molecule has 3 rings (SSSR count). The smallest absolute Gasteiger partial charge is 0.248 e. The molecule has 3 aromatic rings. The number of benzene rings is 1. The topological polar surface area (TPSA) is 80.9 Å². The van der Waals surface area contributed by atoms with E-state index in [4.69, 9.17) is 5.73 Å². The molecule has 0 radical (unpaired) electrons. The van der Waals surface area contributed by atoms with E-state index in [1.165, 1.54) is 10.4 Å². The highest BCUT2D eigenvalue weighted by molar-refractivity contribution is 7.18. The predicted octanol–water partition coefficient (Wildman–Crippen LogP) is 3.46. The van der Waals surface area contributed by atoms with Crippen molar-refractivity contribution in [2.45, 2.75) is 20.8 Å². The third-order valence-electron chi connectivity index (χ3n) is 3.57. The standard InChI is InChI=1S/C16H16N4OS/c1-8-9(2)22-16-13(8)15(18-10(3)19-16)20-12-6-4-11(5-7-12)14(17)21/h4-7H,1-3H3,(H2,17,21)(H,18,19,20). The summed E-state index contributed by atoms with van der Waals surface area (Å²) in [5.74, 6) is 1.08. The van der Waals surface area contributed by atoms with E-state index in [1.54, 1.807) is 23.5 Å². The van der Waals surface area contributed by atoms with Crippen LogP contribution in [-0.2, 0) is 0 Å². The number of aryl methyl sites for hydroxylation is 3. The lowest BCUT2D eigenvalue weighted by Gasteiger charge is -2.09. The fourth-order valence-corrected chi connectivity index (χ4v) is 3.38. The summed E-state index contributed by atoms with van der Waals surface area (Å²) in [7, 11) is 0.